The van der Waals surface area contributed by atoms with Gasteiger partial charge in [-0.3, -0.25) is 4.79 Å². The topological polar surface area (TPSA) is 46.9 Å². The molecule has 1 heterocycles. The van der Waals surface area contributed by atoms with Gasteiger partial charge in [0.05, 0.1) is 11.2 Å². The summed E-state index contributed by atoms with van der Waals surface area (Å²) < 4.78 is 1.23. The van der Waals surface area contributed by atoms with Crippen LogP contribution in [0.5, 0.6) is 0 Å². The van der Waals surface area contributed by atoms with Crippen LogP contribution in [0.25, 0.3) is 0 Å². The van der Waals surface area contributed by atoms with Gasteiger partial charge in [-0.25, -0.2) is 4.68 Å². The van der Waals surface area contributed by atoms with Crippen LogP contribution in [0.3, 0.4) is 0 Å². The highest BCUT2D eigenvalue weighted by atomic mass is 35.5. The zero-order valence-corrected chi connectivity index (χ0v) is 13.2. The Hall–Kier alpha value is -1.47. The van der Waals surface area contributed by atoms with Gasteiger partial charge in [-0.1, -0.05) is 45.2 Å². The van der Waals surface area contributed by atoms with Gasteiger partial charge in [0.25, 0.3) is 5.56 Å². The van der Waals surface area contributed by atoms with Crippen molar-refractivity contribution in [2.45, 2.75) is 34.2 Å². The van der Waals surface area contributed by atoms with E-state index in [1.54, 1.807) is 0 Å². The second-order valence-corrected chi connectivity index (χ2v) is 5.97. The number of hydrogen-bond donors (Lipinski definition) is 1. The van der Waals surface area contributed by atoms with Crippen molar-refractivity contribution in [2.24, 2.45) is 17.8 Å². The SMILES string of the molecule is C#CCn1ncc(Cl)c(NCC(C(C)C)C(C)C)c1=O. The van der Waals surface area contributed by atoms with E-state index >= 15 is 0 Å². The van der Waals surface area contributed by atoms with Crippen molar-refractivity contribution in [3.63, 3.8) is 0 Å². The standard InChI is InChI=1S/C15H22ClN3O/c1-6-7-19-15(20)14(13(16)9-18-19)17-8-12(10(2)3)11(4)5/h1,9-12,17H,7-8H2,2-5H3. The number of nitrogens with one attached hydrogen (secondary N) is 1. The van der Waals surface area contributed by atoms with Crippen molar-refractivity contribution in [3.8, 4) is 12.3 Å². The molecule has 0 aliphatic carbocycles. The van der Waals surface area contributed by atoms with E-state index in [2.05, 4.69) is 44.0 Å². The predicted octanol–water partition coefficient (Wildman–Crippen LogP) is 2.87. The summed E-state index contributed by atoms with van der Waals surface area (Å²) in [6.45, 7) is 9.55. The summed E-state index contributed by atoms with van der Waals surface area (Å²) >= 11 is 6.05. The maximum Gasteiger partial charge on any atom is 0.292 e. The lowest BCUT2D eigenvalue weighted by Crippen LogP contribution is -2.30. The van der Waals surface area contributed by atoms with Crippen molar-refractivity contribution in [3.05, 3.63) is 21.6 Å². The highest BCUT2D eigenvalue weighted by Gasteiger charge is 2.18. The van der Waals surface area contributed by atoms with Crippen molar-refractivity contribution < 1.29 is 0 Å². The molecule has 0 aliphatic heterocycles. The van der Waals surface area contributed by atoms with E-state index in [9.17, 15) is 4.79 Å². The molecule has 0 spiro atoms. The summed E-state index contributed by atoms with van der Waals surface area (Å²) in [6, 6.07) is 0. The Morgan fingerprint density at radius 1 is 1.40 bits per heavy atom. The lowest BCUT2D eigenvalue weighted by atomic mass is 9.85. The van der Waals surface area contributed by atoms with Gasteiger partial charge in [-0.2, -0.15) is 5.10 Å². The third kappa shape index (κ3) is 4.01. The minimum Gasteiger partial charge on any atom is -0.379 e. The summed E-state index contributed by atoms with van der Waals surface area (Å²) in [5, 5.41) is 7.41. The van der Waals surface area contributed by atoms with E-state index < -0.39 is 0 Å². The number of hydrogen-bond acceptors (Lipinski definition) is 3. The molecule has 0 amide bonds. The fraction of sp³-hybridized carbons (Fsp3) is 0.600. The molecular weight excluding hydrogens is 274 g/mol. The molecule has 0 saturated heterocycles. The maximum atomic E-state index is 12.2. The van der Waals surface area contributed by atoms with Gasteiger partial charge in [-0.15, -0.1) is 6.42 Å². The Kier molecular flexibility index (Phi) is 6.09. The monoisotopic (exact) mass is 295 g/mol. The molecule has 0 aromatic carbocycles. The molecule has 0 aliphatic rings. The first kappa shape index (κ1) is 16.6. The smallest absolute Gasteiger partial charge is 0.292 e. The molecule has 1 N–H and O–H groups in total. The van der Waals surface area contributed by atoms with Gasteiger partial charge in [0.15, 0.2) is 0 Å². The van der Waals surface area contributed by atoms with E-state index in [4.69, 9.17) is 18.0 Å². The quantitative estimate of drug-likeness (QED) is 0.821. The van der Waals surface area contributed by atoms with Crippen LogP contribution in [0, 0.1) is 30.1 Å². The molecule has 1 aromatic rings. The predicted molar refractivity (Wildman–Crippen MR) is 84.0 cm³/mol. The molecule has 0 radical (unpaired) electrons. The average Bonchev–Trinajstić information content (AvgIpc) is 2.36. The minimum atomic E-state index is -0.276. The molecule has 4 nitrogen and oxygen atoms in total. The summed E-state index contributed by atoms with van der Waals surface area (Å²) in [6.07, 6.45) is 6.66. The Bertz CT molecular complexity index is 535. The molecule has 0 fully saturated rings. The molecule has 0 unspecified atom stereocenters. The normalized spacial score (nSPS) is 11.2. The first-order valence-corrected chi connectivity index (χ1v) is 7.19. The molecule has 1 aromatic heterocycles. The summed E-state index contributed by atoms with van der Waals surface area (Å²) in [5.74, 6) is 3.91. The average molecular weight is 296 g/mol. The van der Waals surface area contributed by atoms with Gasteiger partial charge in [-0.05, 0) is 17.8 Å². The van der Waals surface area contributed by atoms with Gasteiger partial charge >= 0.3 is 0 Å². The van der Waals surface area contributed by atoms with Crippen LogP contribution in [0.1, 0.15) is 27.7 Å². The van der Waals surface area contributed by atoms with Crippen LogP contribution < -0.4 is 10.9 Å². The third-order valence-electron chi connectivity index (χ3n) is 3.47. The molecule has 1 rings (SSSR count). The number of rotatable bonds is 6. The van der Waals surface area contributed by atoms with Gasteiger partial charge in [0.1, 0.15) is 12.2 Å². The zero-order valence-electron chi connectivity index (χ0n) is 12.5. The van der Waals surface area contributed by atoms with Gasteiger partial charge in [0, 0.05) is 6.54 Å². The maximum absolute atomic E-state index is 12.2. The first-order valence-electron chi connectivity index (χ1n) is 6.81. The highest BCUT2D eigenvalue weighted by molar-refractivity contribution is 6.32. The van der Waals surface area contributed by atoms with E-state index in [1.807, 2.05) is 0 Å². The lowest BCUT2D eigenvalue weighted by molar-refractivity contribution is 0.304. The van der Waals surface area contributed by atoms with Crippen LogP contribution in [0.4, 0.5) is 5.69 Å². The summed E-state index contributed by atoms with van der Waals surface area (Å²) in [5.41, 5.74) is 0.102. The van der Waals surface area contributed by atoms with Gasteiger partial charge < -0.3 is 5.32 Å². The number of halogens is 1. The van der Waals surface area contributed by atoms with Crippen molar-refractivity contribution in [1.82, 2.24) is 9.78 Å². The molecular formula is C15H22ClN3O. The largest absolute Gasteiger partial charge is 0.379 e. The Morgan fingerprint density at radius 3 is 2.50 bits per heavy atom. The second-order valence-electron chi connectivity index (χ2n) is 5.57. The molecule has 0 saturated carbocycles. The Morgan fingerprint density at radius 2 is 2.00 bits per heavy atom. The van der Waals surface area contributed by atoms with E-state index in [0.717, 1.165) is 0 Å². The number of nitrogens with zero attached hydrogens (tertiary/aromatic N) is 2. The van der Waals surface area contributed by atoms with Crippen molar-refractivity contribution in [2.75, 3.05) is 11.9 Å². The minimum absolute atomic E-state index is 0.141. The molecule has 110 valence electrons. The van der Waals surface area contributed by atoms with Crippen LogP contribution in [-0.4, -0.2) is 16.3 Å². The summed E-state index contributed by atoms with van der Waals surface area (Å²) in [7, 11) is 0. The number of aromatic nitrogens is 2. The third-order valence-corrected chi connectivity index (χ3v) is 3.75. The van der Waals surface area contributed by atoms with Crippen molar-refractivity contribution in [1.29, 1.82) is 0 Å². The summed E-state index contributed by atoms with van der Waals surface area (Å²) in [4.78, 5) is 12.2. The van der Waals surface area contributed by atoms with Crippen molar-refractivity contribution >= 4 is 17.3 Å². The molecule has 0 bridgehead atoms. The van der Waals surface area contributed by atoms with E-state index in [0.29, 0.717) is 35.0 Å². The molecule has 5 heteroatoms. The molecule has 20 heavy (non-hydrogen) atoms. The Balaban J connectivity index is 2.95. The fourth-order valence-electron chi connectivity index (χ4n) is 2.29. The van der Waals surface area contributed by atoms with Gasteiger partial charge in [0.2, 0.25) is 0 Å². The number of anilines is 1. The van der Waals surface area contributed by atoms with E-state index in [-0.39, 0.29) is 12.1 Å². The Labute approximate surface area is 125 Å². The highest BCUT2D eigenvalue weighted by Crippen LogP contribution is 2.22. The van der Waals surface area contributed by atoms with Crippen LogP contribution in [0.2, 0.25) is 5.02 Å². The van der Waals surface area contributed by atoms with Crippen LogP contribution in [-0.2, 0) is 6.54 Å². The number of terminal acetylenes is 1. The zero-order chi connectivity index (χ0) is 15.3. The second kappa shape index (κ2) is 7.35. The van der Waals surface area contributed by atoms with Crippen LogP contribution >= 0.6 is 11.6 Å². The first-order chi connectivity index (χ1) is 9.38. The fourth-order valence-corrected chi connectivity index (χ4v) is 2.48. The van der Waals surface area contributed by atoms with E-state index in [1.165, 1.54) is 10.9 Å². The molecule has 0 atom stereocenters. The lowest BCUT2D eigenvalue weighted by Gasteiger charge is -2.25. The van der Waals surface area contributed by atoms with Crippen LogP contribution in [0.15, 0.2) is 11.0 Å².